The lowest BCUT2D eigenvalue weighted by Crippen LogP contribution is -2.38. The van der Waals surface area contributed by atoms with Crippen molar-refractivity contribution in [3.05, 3.63) is 86.7 Å². The van der Waals surface area contributed by atoms with Gasteiger partial charge in [-0.2, -0.15) is 0 Å². The maximum Gasteiger partial charge on any atom is 0.338 e. The number of aromatic nitrogens is 3. The summed E-state index contributed by atoms with van der Waals surface area (Å²) >= 11 is 0. The van der Waals surface area contributed by atoms with Gasteiger partial charge in [-0.05, 0) is 18.2 Å². The molecule has 0 aliphatic rings. The molecular formula is C21H17N3O5. The number of hydrogen-bond acceptors (Lipinski definition) is 6. The Morgan fingerprint density at radius 2 is 1.79 bits per heavy atom. The second kappa shape index (κ2) is 7.23. The number of hydrogen-bond donors (Lipinski definition) is 0. The smallest absolute Gasteiger partial charge is 0.338 e. The number of carbonyl (C=O) groups excluding carboxylic acids is 1. The molecule has 0 amide bonds. The van der Waals surface area contributed by atoms with E-state index in [0.717, 1.165) is 10.1 Å². The SMILES string of the molecule is Cn1c(COC(=O)c2ccc3noc(-c4ccccc4)c3c2)cc(=O)n(C)c1=O. The highest BCUT2D eigenvalue weighted by atomic mass is 16.5. The lowest BCUT2D eigenvalue weighted by atomic mass is 10.1. The molecule has 0 aliphatic carbocycles. The molecular weight excluding hydrogens is 374 g/mol. The van der Waals surface area contributed by atoms with Crippen molar-refractivity contribution in [2.45, 2.75) is 6.61 Å². The van der Waals surface area contributed by atoms with Gasteiger partial charge in [-0.1, -0.05) is 35.5 Å². The van der Waals surface area contributed by atoms with Crippen LogP contribution in [0, 0.1) is 0 Å². The van der Waals surface area contributed by atoms with E-state index in [4.69, 9.17) is 9.26 Å². The van der Waals surface area contributed by atoms with E-state index in [1.54, 1.807) is 18.2 Å². The zero-order valence-corrected chi connectivity index (χ0v) is 15.8. The Bertz CT molecular complexity index is 1330. The van der Waals surface area contributed by atoms with Gasteiger partial charge in [0, 0.05) is 25.7 Å². The van der Waals surface area contributed by atoms with Crippen LogP contribution in [0.4, 0.5) is 0 Å². The molecule has 146 valence electrons. The Morgan fingerprint density at radius 1 is 1.03 bits per heavy atom. The summed E-state index contributed by atoms with van der Waals surface area (Å²) in [6.45, 7) is -0.201. The first-order chi connectivity index (χ1) is 14.0. The number of nitrogens with zero attached hydrogens (tertiary/aromatic N) is 3. The summed E-state index contributed by atoms with van der Waals surface area (Å²) in [6, 6.07) is 15.6. The van der Waals surface area contributed by atoms with Crippen LogP contribution in [0.25, 0.3) is 22.2 Å². The molecule has 29 heavy (non-hydrogen) atoms. The van der Waals surface area contributed by atoms with Crippen LogP contribution in [0.15, 0.2) is 68.7 Å². The number of benzene rings is 2. The maximum atomic E-state index is 12.5. The zero-order chi connectivity index (χ0) is 20.5. The zero-order valence-electron chi connectivity index (χ0n) is 15.8. The average molecular weight is 391 g/mol. The Morgan fingerprint density at radius 3 is 2.55 bits per heavy atom. The summed E-state index contributed by atoms with van der Waals surface area (Å²) < 4.78 is 13.0. The van der Waals surface area contributed by atoms with Crippen LogP contribution in [0.5, 0.6) is 0 Å². The monoisotopic (exact) mass is 391 g/mol. The largest absolute Gasteiger partial charge is 0.456 e. The molecule has 0 spiro atoms. The van der Waals surface area contributed by atoms with E-state index >= 15 is 0 Å². The second-order valence-corrected chi connectivity index (χ2v) is 6.56. The van der Waals surface area contributed by atoms with Crippen LogP contribution in [0.2, 0.25) is 0 Å². The Kier molecular flexibility index (Phi) is 4.59. The molecule has 0 unspecified atom stereocenters. The van der Waals surface area contributed by atoms with Gasteiger partial charge in [-0.15, -0.1) is 0 Å². The molecule has 2 aromatic heterocycles. The number of fused-ring (bicyclic) bond motifs is 1. The Labute approximate surface area is 164 Å². The standard InChI is InChI=1S/C21H17N3O5/c1-23-15(11-18(25)24(2)21(23)27)12-28-20(26)14-8-9-17-16(10-14)19(29-22-17)13-6-4-3-5-7-13/h3-11H,12H2,1-2H3. The molecule has 0 saturated heterocycles. The highest BCUT2D eigenvalue weighted by molar-refractivity contribution is 5.98. The summed E-state index contributed by atoms with van der Waals surface area (Å²) in [4.78, 5) is 36.3. The predicted molar refractivity (Wildman–Crippen MR) is 105 cm³/mol. The fourth-order valence-corrected chi connectivity index (χ4v) is 3.01. The molecule has 2 heterocycles. The first-order valence-corrected chi connectivity index (χ1v) is 8.83. The predicted octanol–water partition coefficient (Wildman–Crippen LogP) is 2.25. The van der Waals surface area contributed by atoms with E-state index in [0.29, 0.717) is 27.9 Å². The molecule has 0 fully saturated rings. The average Bonchev–Trinajstić information content (AvgIpc) is 3.17. The Hall–Kier alpha value is -3.94. The molecule has 0 bridgehead atoms. The first kappa shape index (κ1) is 18.4. The van der Waals surface area contributed by atoms with Crippen LogP contribution < -0.4 is 11.2 Å². The van der Waals surface area contributed by atoms with Crippen molar-refractivity contribution in [1.29, 1.82) is 0 Å². The van der Waals surface area contributed by atoms with E-state index < -0.39 is 17.2 Å². The number of ether oxygens (including phenoxy) is 1. The van der Waals surface area contributed by atoms with Gasteiger partial charge in [0.25, 0.3) is 5.56 Å². The normalized spacial score (nSPS) is 11.0. The molecule has 0 N–H and O–H groups in total. The molecule has 4 rings (SSSR count). The van der Waals surface area contributed by atoms with Crippen LogP contribution in [0.3, 0.4) is 0 Å². The topological polar surface area (TPSA) is 96.3 Å². The van der Waals surface area contributed by atoms with Crippen LogP contribution in [-0.2, 0) is 25.4 Å². The molecule has 2 aromatic carbocycles. The molecule has 8 nitrogen and oxygen atoms in total. The van der Waals surface area contributed by atoms with Crippen molar-refractivity contribution in [3.63, 3.8) is 0 Å². The summed E-state index contributed by atoms with van der Waals surface area (Å²) in [5.41, 5.74) is 1.14. The van der Waals surface area contributed by atoms with Crippen molar-refractivity contribution in [2.75, 3.05) is 0 Å². The minimum Gasteiger partial charge on any atom is -0.456 e. The Balaban J connectivity index is 1.61. The molecule has 0 radical (unpaired) electrons. The van der Waals surface area contributed by atoms with Crippen LogP contribution >= 0.6 is 0 Å². The number of rotatable bonds is 4. The van der Waals surface area contributed by atoms with Gasteiger partial charge in [0.2, 0.25) is 0 Å². The van der Waals surface area contributed by atoms with E-state index in [1.807, 2.05) is 30.3 Å². The fourth-order valence-electron chi connectivity index (χ4n) is 3.01. The van der Waals surface area contributed by atoms with Gasteiger partial charge >= 0.3 is 11.7 Å². The fraction of sp³-hybridized carbons (Fsp3) is 0.143. The van der Waals surface area contributed by atoms with Gasteiger partial charge in [-0.3, -0.25) is 13.9 Å². The highest BCUT2D eigenvalue weighted by Gasteiger charge is 2.15. The highest BCUT2D eigenvalue weighted by Crippen LogP contribution is 2.29. The van der Waals surface area contributed by atoms with Gasteiger partial charge in [-0.25, -0.2) is 9.59 Å². The van der Waals surface area contributed by atoms with Crippen molar-refractivity contribution in [3.8, 4) is 11.3 Å². The minimum atomic E-state index is -0.583. The van der Waals surface area contributed by atoms with Crippen LogP contribution in [0.1, 0.15) is 16.1 Å². The van der Waals surface area contributed by atoms with Crippen molar-refractivity contribution in [2.24, 2.45) is 14.1 Å². The lowest BCUT2D eigenvalue weighted by Gasteiger charge is -2.10. The molecule has 4 aromatic rings. The number of esters is 1. The van der Waals surface area contributed by atoms with Gasteiger partial charge in [0.05, 0.1) is 16.6 Å². The van der Waals surface area contributed by atoms with E-state index in [2.05, 4.69) is 5.16 Å². The third-order valence-corrected chi connectivity index (χ3v) is 4.72. The van der Waals surface area contributed by atoms with Crippen molar-refractivity contribution >= 4 is 16.9 Å². The quantitative estimate of drug-likeness (QED) is 0.495. The summed E-state index contributed by atoms with van der Waals surface area (Å²) in [6.07, 6.45) is 0. The van der Waals surface area contributed by atoms with E-state index in [9.17, 15) is 14.4 Å². The van der Waals surface area contributed by atoms with Gasteiger partial charge in [0.1, 0.15) is 12.1 Å². The van der Waals surface area contributed by atoms with Gasteiger partial charge in [0.15, 0.2) is 5.76 Å². The van der Waals surface area contributed by atoms with Crippen LogP contribution in [-0.4, -0.2) is 20.3 Å². The minimum absolute atomic E-state index is 0.201. The third kappa shape index (κ3) is 3.36. The van der Waals surface area contributed by atoms with Crippen molar-refractivity contribution < 1.29 is 14.1 Å². The lowest BCUT2D eigenvalue weighted by molar-refractivity contribution is 0.0463. The summed E-state index contributed by atoms with van der Waals surface area (Å²) in [5, 5.41) is 4.71. The molecule has 8 heteroatoms. The van der Waals surface area contributed by atoms with Gasteiger partial charge < -0.3 is 9.26 Å². The molecule has 0 atom stereocenters. The molecule has 0 aliphatic heterocycles. The summed E-state index contributed by atoms with van der Waals surface area (Å²) in [7, 11) is 2.90. The molecule has 0 saturated carbocycles. The third-order valence-electron chi connectivity index (χ3n) is 4.72. The van der Waals surface area contributed by atoms with E-state index in [1.165, 1.54) is 24.7 Å². The maximum absolute atomic E-state index is 12.5. The van der Waals surface area contributed by atoms with E-state index in [-0.39, 0.29) is 6.61 Å². The first-order valence-electron chi connectivity index (χ1n) is 8.83. The number of carbonyl (C=O) groups is 1. The summed E-state index contributed by atoms with van der Waals surface area (Å²) in [5.74, 6) is -0.0237. The second-order valence-electron chi connectivity index (χ2n) is 6.56. The van der Waals surface area contributed by atoms with Crippen molar-refractivity contribution in [1.82, 2.24) is 14.3 Å².